The van der Waals surface area contributed by atoms with Crippen LogP contribution in [0.2, 0.25) is 0 Å². The van der Waals surface area contributed by atoms with Crippen LogP contribution in [0, 0.1) is 0 Å². The van der Waals surface area contributed by atoms with E-state index in [0.717, 1.165) is 42.1 Å². The lowest BCUT2D eigenvalue weighted by molar-refractivity contribution is -0.130. The van der Waals surface area contributed by atoms with Crippen LogP contribution in [0.25, 0.3) is 0 Å². The van der Waals surface area contributed by atoms with E-state index in [1.165, 1.54) is 5.69 Å². The van der Waals surface area contributed by atoms with E-state index in [0.29, 0.717) is 26.0 Å². The standard InChI is InChI=1S/C22H27BrN2O3/c1-24(22(26)6-3-13-28-21-5-2-4-19(23)16-21)17-18-7-9-20(10-8-18)25-11-14-27-15-12-25/h2,4-5,7-10,16H,3,6,11-15,17H2,1H3. The molecule has 1 amide bonds. The summed E-state index contributed by atoms with van der Waals surface area (Å²) in [5.41, 5.74) is 2.35. The topological polar surface area (TPSA) is 42.0 Å². The summed E-state index contributed by atoms with van der Waals surface area (Å²) in [5.74, 6) is 0.950. The van der Waals surface area contributed by atoms with E-state index in [1.54, 1.807) is 4.90 Å². The number of amides is 1. The first kappa shape index (κ1) is 20.7. The van der Waals surface area contributed by atoms with Crippen molar-refractivity contribution in [1.29, 1.82) is 0 Å². The number of carbonyl (C=O) groups is 1. The Balaban J connectivity index is 1.39. The lowest BCUT2D eigenvalue weighted by Gasteiger charge is -2.29. The average Bonchev–Trinajstić information content (AvgIpc) is 2.72. The van der Waals surface area contributed by atoms with Crippen LogP contribution in [0.4, 0.5) is 5.69 Å². The fourth-order valence-electron chi connectivity index (χ4n) is 3.16. The highest BCUT2D eigenvalue weighted by atomic mass is 79.9. The molecule has 0 spiro atoms. The third kappa shape index (κ3) is 6.24. The van der Waals surface area contributed by atoms with Crippen molar-refractivity contribution in [3.8, 4) is 5.75 Å². The Bertz CT molecular complexity index is 761. The van der Waals surface area contributed by atoms with Crippen LogP contribution in [0.1, 0.15) is 18.4 Å². The quantitative estimate of drug-likeness (QED) is 0.572. The van der Waals surface area contributed by atoms with Gasteiger partial charge in [-0.15, -0.1) is 0 Å². The summed E-state index contributed by atoms with van der Waals surface area (Å²) in [6, 6.07) is 16.2. The molecular weight excluding hydrogens is 420 g/mol. The third-order valence-corrected chi connectivity index (χ3v) is 5.25. The molecular formula is C22H27BrN2O3. The highest BCUT2D eigenvalue weighted by Crippen LogP contribution is 2.19. The second kappa shape index (κ2) is 10.5. The number of halogens is 1. The van der Waals surface area contributed by atoms with Crippen LogP contribution in [0.5, 0.6) is 5.75 Å². The van der Waals surface area contributed by atoms with Crippen LogP contribution < -0.4 is 9.64 Å². The second-order valence-corrected chi connectivity index (χ2v) is 7.84. The van der Waals surface area contributed by atoms with Gasteiger partial charge in [-0.3, -0.25) is 4.79 Å². The maximum absolute atomic E-state index is 12.4. The normalized spacial score (nSPS) is 14.0. The van der Waals surface area contributed by atoms with Crippen LogP contribution in [0.15, 0.2) is 53.0 Å². The molecule has 1 aliphatic rings. The molecule has 0 atom stereocenters. The van der Waals surface area contributed by atoms with Crippen molar-refractivity contribution >= 4 is 27.5 Å². The van der Waals surface area contributed by atoms with Gasteiger partial charge in [-0.25, -0.2) is 0 Å². The Morgan fingerprint density at radius 1 is 1.18 bits per heavy atom. The van der Waals surface area contributed by atoms with Gasteiger partial charge in [-0.1, -0.05) is 34.1 Å². The van der Waals surface area contributed by atoms with Crippen LogP contribution in [-0.2, 0) is 16.1 Å². The van der Waals surface area contributed by atoms with E-state index in [-0.39, 0.29) is 5.91 Å². The molecule has 1 aliphatic heterocycles. The first-order valence-corrected chi connectivity index (χ1v) is 10.4. The molecule has 3 rings (SSSR count). The fourth-order valence-corrected chi connectivity index (χ4v) is 3.54. The summed E-state index contributed by atoms with van der Waals surface area (Å²) in [5, 5.41) is 0. The summed E-state index contributed by atoms with van der Waals surface area (Å²) in [7, 11) is 1.85. The van der Waals surface area contributed by atoms with Gasteiger partial charge in [0.1, 0.15) is 5.75 Å². The minimum Gasteiger partial charge on any atom is -0.494 e. The molecule has 1 heterocycles. The smallest absolute Gasteiger partial charge is 0.222 e. The Morgan fingerprint density at radius 2 is 1.93 bits per heavy atom. The predicted molar refractivity (Wildman–Crippen MR) is 115 cm³/mol. The maximum Gasteiger partial charge on any atom is 0.222 e. The molecule has 0 bridgehead atoms. The first-order valence-electron chi connectivity index (χ1n) is 9.66. The van der Waals surface area contributed by atoms with Crippen molar-refractivity contribution in [1.82, 2.24) is 4.90 Å². The van der Waals surface area contributed by atoms with Crippen molar-refractivity contribution in [2.75, 3.05) is 44.9 Å². The molecule has 0 radical (unpaired) electrons. The van der Waals surface area contributed by atoms with E-state index in [4.69, 9.17) is 9.47 Å². The average molecular weight is 447 g/mol. The number of morpholine rings is 1. The summed E-state index contributed by atoms with van der Waals surface area (Å²) in [6.45, 7) is 4.58. The van der Waals surface area contributed by atoms with E-state index in [1.807, 2.05) is 31.3 Å². The summed E-state index contributed by atoms with van der Waals surface area (Å²) in [4.78, 5) is 16.5. The Morgan fingerprint density at radius 3 is 2.64 bits per heavy atom. The zero-order chi connectivity index (χ0) is 19.8. The van der Waals surface area contributed by atoms with Gasteiger partial charge in [0.15, 0.2) is 0 Å². The number of nitrogens with zero attached hydrogens (tertiary/aromatic N) is 2. The minimum absolute atomic E-state index is 0.134. The van der Waals surface area contributed by atoms with E-state index < -0.39 is 0 Å². The fraction of sp³-hybridized carbons (Fsp3) is 0.409. The molecule has 1 fully saturated rings. The highest BCUT2D eigenvalue weighted by molar-refractivity contribution is 9.10. The van der Waals surface area contributed by atoms with Crippen molar-refractivity contribution in [3.63, 3.8) is 0 Å². The Labute approximate surface area is 175 Å². The highest BCUT2D eigenvalue weighted by Gasteiger charge is 2.12. The predicted octanol–water partition coefficient (Wildman–Crippen LogP) is 4.10. The van der Waals surface area contributed by atoms with Gasteiger partial charge in [-0.05, 0) is 42.3 Å². The molecule has 1 saturated heterocycles. The molecule has 6 heteroatoms. The van der Waals surface area contributed by atoms with Gasteiger partial charge in [0, 0.05) is 43.3 Å². The summed E-state index contributed by atoms with van der Waals surface area (Å²) < 4.78 is 12.1. The number of ether oxygens (including phenoxy) is 2. The van der Waals surface area contributed by atoms with Gasteiger partial charge in [0.25, 0.3) is 0 Å². The number of carbonyl (C=O) groups excluding carboxylic acids is 1. The molecule has 0 unspecified atom stereocenters. The molecule has 2 aromatic rings. The van der Waals surface area contributed by atoms with Crippen LogP contribution >= 0.6 is 15.9 Å². The number of anilines is 1. The first-order chi connectivity index (χ1) is 13.6. The molecule has 0 N–H and O–H groups in total. The van der Waals surface area contributed by atoms with Crippen LogP contribution in [0.3, 0.4) is 0 Å². The Kier molecular flexibility index (Phi) is 7.74. The number of benzene rings is 2. The number of hydrogen-bond acceptors (Lipinski definition) is 4. The maximum atomic E-state index is 12.4. The lowest BCUT2D eigenvalue weighted by atomic mass is 10.1. The van der Waals surface area contributed by atoms with E-state index >= 15 is 0 Å². The number of hydrogen-bond donors (Lipinski definition) is 0. The minimum atomic E-state index is 0.134. The monoisotopic (exact) mass is 446 g/mol. The van der Waals surface area contributed by atoms with Gasteiger partial charge >= 0.3 is 0 Å². The number of rotatable bonds is 8. The molecule has 5 nitrogen and oxygen atoms in total. The largest absolute Gasteiger partial charge is 0.494 e. The SMILES string of the molecule is CN(Cc1ccc(N2CCOCC2)cc1)C(=O)CCCOc1cccc(Br)c1. The van der Waals surface area contributed by atoms with Gasteiger partial charge < -0.3 is 19.3 Å². The summed E-state index contributed by atoms with van der Waals surface area (Å²) >= 11 is 3.42. The van der Waals surface area contributed by atoms with Crippen molar-refractivity contribution in [3.05, 3.63) is 58.6 Å². The molecule has 0 aromatic heterocycles. The summed E-state index contributed by atoms with van der Waals surface area (Å²) in [6.07, 6.45) is 1.18. The van der Waals surface area contributed by atoms with Gasteiger partial charge in [0.05, 0.1) is 19.8 Å². The van der Waals surface area contributed by atoms with Crippen molar-refractivity contribution in [2.24, 2.45) is 0 Å². The zero-order valence-electron chi connectivity index (χ0n) is 16.3. The molecule has 150 valence electrons. The van der Waals surface area contributed by atoms with Gasteiger partial charge in [-0.2, -0.15) is 0 Å². The molecule has 28 heavy (non-hydrogen) atoms. The van der Waals surface area contributed by atoms with Crippen molar-refractivity contribution in [2.45, 2.75) is 19.4 Å². The van der Waals surface area contributed by atoms with Gasteiger partial charge in [0.2, 0.25) is 5.91 Å². The second-order valence-electron chi connectivity index (χ2n) is 6.93. The van der Waals surface area contributed by atoms with Crippen molar-refractivity contribution < 1.29 is 14.3 Å². The van der Waals surface area contributed by atoms with E-state index in [9.17, 15) is 4.79 Å². The zero-order valence-corrected chi connectivity index (χ0v) is 17.9. The molecule has 0 aliphatic carbocycles. The molecule has 0 saturated carbocycles. The van der Waals surface area contributed by atoms with Crippen LogP contribution in [-0.4, -0.2) is 50.8 Å². The van der Waals surface area contributed by atoms with E-state index in [2.05, 4.69) is 45.1 Å². The third-order valence-electron chi connectivity index (χ3n) is 4.76. The lowest BCUT2D eigenvalue weighted by Crippen LogP contribution is -2.36. The molecule has 2 aromatic carbocycles. The Hall–Kier alpha value is -2.05.